The van der Waals surface area contributed by atoms with Gasteiger partial charge in [0, 0.05) is 12.3 Å². The molecular formula is C27H24F5N5O4. The number of hydrogen-bond donors (Lipinski definition) is 2. The van der Waals surface area contributed by atoms with Gasteiger partial charge in [-0.3, -0.25) is 23.9 Å². The maximum Gasteiger partial charge on any atom is 0.408 e. The molecule has 3 aromatic rings. The molecule has 2 aliphatic carbocycles. The average molecular weight is 578 g/mol. The maximum atomic E-state index is 15.0. The molecule has 9 nitrogen and oxygen atoms in total. The van der Waals surface area contributed by atoms with E-state index in [4.69, 9.17) is 0 Å². The monoisotopic (exact) mass is 577 g/mol. The van der Waals surface area contributed by atoms with Crippen molar-refractivity contribution < 1.29 is 36.6 Å². The van der Waals surface area contributed by atoms with E-state index in [-0.39, 0.29) is 29.7 Å². The van der Waals surface area contributed by atoms with Gasteiger partial charge in [-0.2, -0.15) is 13.2 Å². The molecule has 3 aliphatic rings. The number of anilines is 1. The SMILES string of the molecule is CC1(C)C(=O)N(c2ccc3c(=O)c(C(=O)NC(C4CC4)C(F)(F)F)cn(-c4ncc(F)cc4F)c3n2)C2(CC2)C1O. The first kappa shape index (κ1) is 27.2. The Morgan fingerprint density at radius 2 is 1.85 bits per heavy atom. The molecule has 1 spiro atoms. The zero-order chi connectivity index (χ0) is 29.6. The molecule has 3 aromatic heterocycles. The summed E-state index contributed by atoms with van der Waals surface area (Å²) >= 11 is 0. The highest BCUT2D eigenvalue weighted by molar-refractivity contribution is 6.03. The summed E-state index contributed by atoms with van der Waals surface area (Å²) in [4.78, 5) is 49.3. The predicted molar refractivity (Wildman–Crippen MR) is 134 cm³/mol. The second kappa shape index (κ2) is 8.78. The topological polar surface area (TPSA) is 117 Å². The second-order valence-corrected chi connectivity index (χ2v) is 11.4. The van der Waals surface area contributed by atoms with Crippen LogP contribution in [0.5, 0.6) is 0 Å². The molecule has 0 aromatic carbocycles. The summed E-state index contributed by atoms with van der Waals surface area (Å²) in [6.07, 6.45) is -2.80. The van der Waals surface area contributed by atoms with Crippen molar-refractivity contribution in [2.75, 3.05) is 4.90 Å². The number of carbonyl (C=O) groups excluding carboxylic acids is 2. The van der Waals surface area contributed by atoms with Crippen LogP contribution in [0.1, 0.15) is 49.9 Å². The largest absolute Gasteiger partial charge is 0.408 e. The number of nitrogens with one attached hydrogen (secondary N) is 1. The van der Waals surface area contributed by atoms with Gasteiger partial charge in [0.2, 0.25) is 11.3 Å². The van der Waals surface area contributed by atoms with E-state index in [2.05, 4.69) is 9.97 Å². The Bertz CT molecular complexity index is 1680. The van der Waals surface area contributed by atoms with Crippen LogP contribution in [0.4, 0.5) is 27.8 Å². The van der Waals surface area contributed by atoms with Crippen LogP contribution in [0.3, 0.4) is 0 Å². The summed E-state index contributed by atoms with van der Waals surface area (Å²) in [5, 5.41) is 12.5. The van der Waals surface area contributed by atoms with Gasteiger partial charge in [0.05, 0.1) is 28.6 Å². The van der Waals surface area contributed by atoms with Gasteiger partial charge in [-0.25, -0.2) is 18.7 Å². The van der Waals surface area contributed by atoms with Crippen molar-refractivity contribution >= 4 is 28.7 Å². The Morgan fingerprint density at radius 1 is 1.17 bits per heavy atom. The van der Waals surface area contributed by atoms with E-state index in [0.29, 0.717) is 25.1 Å². The van der Waals surface area contributed by atoms with Gasteiger partial charge < -0.3 is 10.4 Å². The minimum absolute atomic E-state index is 0.0309. The molecule has 2 N–H and O–H groups in total. The summed E-state index contributed by atoms with van der Waals surface area (Å²) in [6.45, 7) is 3.19. The van der Waals surface area contributed by atoms with E-state index in [0.717, 1.165) is 10.8 Å². The number of rotatable bonds is 5. The number of pyridine rings is 3. The van der Waals surface area contributed by atoms with Crippen LogP contribution >= 0.6 is 0 Å². The molecule has 14 heteroatoms. The third-order valence-electron chi connectivity index (χ3n) is 8.21. The zero-order valence-electron chi connectivity index (χ0n) is 21.8. The lowest BCUT2D eigenvalue weighted by atomic mass is 9.86. The summed E-state index contributed by atoms with van der Waals surface area (Å²) in [5.74, 6) is -5.36. The Balaban J connectivity index is 1.53. The third kappa shape index (κ3) is 4.18. The van der Waals surface area contributed by atoms with Crippen LogP contribution in [-0.2, 0) is 4.79 Å². The molecular weight excluding hydrogens is 553 g/mol. The molecule has 2 saturated carbocycles. The van der Waals surface area contributed by atoms with Gasteiger partial charge in [-0.15, -0.1) is 0 Å². The summed E-state index contributed by atoms with van der Waals surface area (Å²) in [7, 11) is 0. The van der Waals surface area contributed by atoms with Crippen molar-refractivity contribution in [1.82, 2.24) is 19.9 Å². The number of amides is 2. The molecule has 0 bridgehead atoms. The smallest absolute Gasteiger partial charge is 0.390 e. The number of alkyl halides is 3. The van der Waals surface area contributed by atoms with Crippen molar-refractivity contribution in [3.8, 4) is 5.82 Å². The molecule has 4 heterocycles. The Morgan fingerprint density at radius 3 is 2.44 bits per heavy atom. The van der Waals surface area contributed by atoms with Gasteiger partial charge in [0.25, 0.3) is 5.91 Å². The van der Waals surface area contributed by atoms with E-state index >= 15 is 0 Å². The van der Waals surface area contributed by atoms with Crippen LogP contribution in [0.15, 0.2) is 35.4 Å². The van der Waals surface area contributed by atoms with E-state index in [1.807, 2.05) is 5.32 Å². The average Bonchev–Trinajstić information content (AvgIpc) is 3.82. The Labute approximate surface area is 229 Å². The number of aliphatic hydroxyl groups is 1. The number of fused-ring (bicyclic) bond motifs is 1. The lowest BCUT2D eigenvalue weighted by Crippen LogP contribution is -2.48. The summed E-state index contributed by atoms with van der Waals surface area (Å²) in [5.41, 5.74) is -4.06. The lowest BCUT2D eigenvalue weighted by Gasteiger charge is -2.25. The Kier molecular flexibility index (Phi) is 5.83. The summed E-state index contributed by atoms with van der Waals surface area (Å²) in [6, 6.07) is 0.868. The first-order chi connectivity index (χ1) is 19.2. The fourth-order valence-electron chi connectivity index (χ4n) is 5.70. The zero-order valence-corrected chi connectivity index (χ0v) is 21.8. The number of hydrogen-bond acceptors (Lipinski definition) is 6. The number of carbonyl (C=O) groups is 2. The number of aromatic nitrogens is 3. The van der Waals surface area contributed by atoms with Crippen molar-refractivity contribution in [2.45, 2.75) is 63.4 Å². The second-order valence-electron chi connectivity index (χ2n) is 11.4. The number of aliphatic hydroxyl groups excluding tert-OH is 1. The van der Waals surface area contributed by atoms with Crippen LogP contribution in [0.25, 0.3) is 16.9 Å². The van der Waals surface area contributed by atoms with E-state index in [1.165, 1.54) is 17.0 Å². The molecule has 2 amide bonds. The van der Waals surface area contributed by atoms with Crippen LogP contribution in [-0.4, -0.2) is 55.3 Å². The molecule has 0 radical (unpaired) electrons. The number of nitrogens with zero attached hydrogens (tertiary/aromatic N) is 4. The van der Waals surface area contributed by atoms with Crippen LogP contribution in [0.2, 0.25) is 0 Å². The quantitative estimate of drug-likeness (QED) is 0.449. The first-order valence-electron chi connectivity index (χ1n) is 12.9. The van der Waals surface area contributed by atoms with Gasteiger partial charge in [0.1, 0.15) is 23.2 Å². The standard InChI is InChI=1S/C27H24F5N5O4/c1-25(2)23(40)26(7-8-26)37(24(25)41)17-6-5-14-18(38)15(22(39)35-19(12-3-4-12)27(30,31)32)11-36(20(14)34-17)21-16(29)9-13(28)10-33-21/h5-6,9-12,19,23,40H,3-4,7-8H2,1-2H3,(H,35,39). The number of halogens is 5. The van der Waals surface area contributed by atoms with Gasteiger partial charge in [-0.05, 0) is 57.6 Å². The van der Waals surface area contributed by atoms with Crippen molar-refractivity contribution in [3.63, 3.8) is 0 Å². The fraction of sp³-hybridized carbons (Fsp3) is 0.444. The molecule has 41 heavy (non-hydrogen) atoms. The Hall–Kier alpha value is -3.94. The van der Waals surface area contributed by atoms with Gasteiger partial charge in [-0.1, -0.05) is 0 Å². The highest BCUT2D eigenvalue weighted by atomic mass is 19.4. The molecule has 3 fully saturated rings. The minimum Gasteiger partial charge on any atom is -0.390 e. The first-order valence-corrected chi connectivity index (χ1v) is 12.9. The maximum absolute atomic E-state index is 15.0. The highest BCUT2D eigenvalue weighted by Crippen LogP contribution is 2.57. The van der Waals surface area contributed by atoms with E-state index in [9.17, 15) is 41.4 Å². The highest BCUT2D eigenvalue weighted by Gasteiger charge is 2.69. The molecule has 1 aliphatic heterocycles. The van der Waals surface area contributed by atoms with Gasteiger partial charge in [0.15, 0.2) is 17.3 Å². The van der Waals surface area contributed by atoms with Gasteiger partial charge >= 0.3 is 6.18 Å². The lowest BCUT2D eigenvalue weighted by molar-refractivity contribution is -0.158. The van der Waals surface area contributed by atoms with Crippen LogP contribution in [0, 0.1) is 23.0 Å². The molecule has 2 unspecified atom stereocenters. The van der Waals surface area contributed by atoms with Crippen LogP contribution < -0.4 is 15.6 Å². The molecule has 216 valence electrons. The van der Waals surface area contributed by atoms with Crippen molar-refractivity contribution in [3.05, 3.63) is 58.0 Å². The normalized spacial score (nSPS) is 21.9. The third-order valence-corrected chi connectivity index (χ3v) is 8.21. The predicted octanol–water partition coefficient (Wildman–Crippen LogP) is 3.40. The molecule has 1 saturated heterocycles. The minimum atomic E-state index is -4.76. The fourth-order valence-corrected chi connectivity index (χ4v) is 5.70. The van der Waals surface area contributed by atoms with E-state index in [1.54, 1.807) is 13.8 Å². The van der Waals surface area contributed by atoms with Crippen molar-refractivity contribution in [2.24, 2.45) is 11.3 Å². The summed E-state index contributed by atoms with van der Waals surface area (Å²) < 4.78 is 70.3. The van der Waals surface area contributed by atoms with Crippen molar-refractivity contribution in [1.29, 1.82) is 0 Å². The van der Waals surface area contributed by atoms with E-state index < -0.39 is 75.5 Å². The molecule has 6 rings (SSSR count). The molecule has 2 atom stereocenters.